The Morgan fingerprint density at radius 2 is 1.67 bits per heavy atom. The molecule has 5 nitrogen and oxygen atoms in total. The highest BCUT2D eigenvalue weighted by Gasteiger charge is 2.22. The van der Waals surface area contributed by atoms with E-state index >= 15 is 0 Å². The first-order valence-corrected chi connectivity index (χ1v) is 8.08. The zero-order valence-electron chi connectivity index (χ0n) is 11.4. The lowest BCUT2D eigenvalue weighted by Gasteiger charge is -2.11. The third-order valence-electron chi connectivity index (χ3n) is 2.64. The van der Waals surface area contributed by atoms with E-state index in [1.54, 1.807) is 24.3 Å². The molecule has 0 aliphatic rings. The number of benzene rings is 2. The van der Waals surface area contributed by atoms with Crippen LogP contribution in [-0.4, -0.2) is 22.6 Å². The Balaban J connectivity index is 2.40. The molecule has 0 unspecified atom stereocenters. The molecule has 0 fully saturated rings. The molecule has 0 aliphatic carbocycles. The lowest BCUT2D eigenvalue weighted by atomic mass is 10.3. The molecule has 2 aromatic carbocycles. The first-order valence-electron chi connectivity index (χ1n) is 5.88. The van der Waals surface area contributed by atoms with E-state index in [0.29, 0.717) is 10.2 Å². The van der Waals surface area contributed by atoms with Crippen molar-refractivity contribution in [3.63, 3.8) is 0 Å². The molecule has 0 heterocycles. The van der Waals surface area contributed by atoms with Gasteiger partial charge in [0.15, 0.2) is 0 Å². The summed E-state index contributed by atoms with van der Waals surface area (Å²) in [4.78, 5) is -0.0535. The maximum Gasteiger partial charge on any atom is 0.342 e. The van der Waals surface area contributed by atoms with Crippen LogP contribution in [0.4, 0.5) is 0 Å². The van der Waals surface area contributed by atoms with Crippen molar-refractivity contribution < 1.29 is 22.1 Å². The fourth-order valence-electron chi connectivity index (χ4n) is 1.67. The van der Waals surface area contributed by atoms with E-state index in [0.717, 1.165) is 0 Å². The molecule has 0 radical (unpaired) electrons. The summed E-state index contributed by atoms with van der Waals surface area (Å²) in [6.45, 7) is 0. The average molecular weight is 373 g/mol. The van der Waals surface area contributed by atoms with Crippen molar-refractivity contribution in [2.24, 2.45) is 0 Å². The minimum atomic E-state index is -4.01. The standard InChI is InChI=1S/C14H13BrO5S/c1-18-11-4-3-5-12(9-11)20-21(16,17)14-8-10(15)6-7-13(14)19-2/h3-9H,1-2H3. The van der Waals surface area contributed by atoms with Crippen LogP contribution in [0.1, 0.15) is 0 Å². The van der Waals surface area contributed by atoms with Crippen molar-refractivity contribution in [1.82, 2.24) is 0 Å². The Kier molecular flexibility index (Phi) is 4.74. The fraction of sp³-hybridized carbons (Fsp3) is 0.143. The second kappa shape index (κ2) is 6.36. The Bertz CT molecular complexity index is 743. The van der Waals surface area contributed by atoms with E-state index in [9.17, 15) is 8.42 Å². The minimum absolute atomic E-state index is 0.0535. The van der Waals surface area contributed by atoms with Crippen LogP contribution in [0.15, 0.2) is 51.8 Å². The van der Waals surface area contributed by atoms with Gasteiger partial charge in [-0.15, -0.1) is 0 Å². The third-order valence-corrected chi connectivity index (χ3v) is 4.40. The van der Waals surface area contributed by atoms with Crippen LogP contribution in [0.25, 0.3) is 0 Å². The summed E-state index contributed by atoms with van der Waals surface area (Å²) in [7, 11) is -1.13. The van der Waals surface area contributed by atoms with Gasteiger partial charge in [-0.05, 0) is 30.3 Å². The summed E-state index contributed by atoms with van der Waals surface area (Å²) < 4.78 is 40.6. The lowest BCUT2D eigenvalue weighted by molar-refractivity contribution is 0.397. The van der Waals surface area contributed by atoms with Gasteiger partial charge >= 0.3 is 10.1 Å². The monoisotopic (exact) mass is 372 g/mol. The Labute approximate surface area is 131 Å². The molecule has 112 valence electrons. The van der Waals surface area contributed by atoms with Crippen molar-refractivity contribution in [3.05, 3.63) is 46.9 Å². The molecule has 0 aromatic heterocycles. The summed E-state index contributed by atoms with van der Waals surface area (Å²) in [5.74, 6) is 0.876. The molecule has 0 spiro atoms. The van der Waals surface area contributed by atoms with E-state index in [1.165, 1.54) is 32.4 Å². The van der Waals surface area contributed by atoms with Gasteiger partial charge in [-0.1, -0.05) is 22.0 Å². The molecule has 0 aliphatic heterocycles. The molecule has 0 saturated carbocycles. The van der Waals surface area contributed by atoms with Gasteiger partial charge in [0.25, 0.3) is 0 Å². The van der Waals surface area contributed by atoms with E-state index in [2.05, 4.69) is 15.9 Å². The number of methoxy groups -OCH3 is 2. The SMILES string of the molecule is COc1cccc(OS(=O)(=O)c2cc(Br)ccc2OC)c1. The highest BCUT2D eigenvalue weighted by Crippen LogP contribution is 2.30. The Morgan fingerprint density at radius 1 is 0.952 bits per heavy atom. The highest BCUT2D eigenvalue weighted by atomic mass is 79.9. The summed E-state index contributed by atoms with van der Waals surface area (Å²) in [6, 6.07) is 11.0. The van der Waals surface area contributed by atoms with Gasteiger partial charge in [-0.3, -0.25) is 0 Å². The summed E-state index contributed by atoms with van der Waals surface area (Å²) in [6.07, 6.45) is 0. The Hall–Kier alpha value is -1.73. The predicted octanol–water partition coefficient (Wildman–Crippen LogP) is 3.23. The van der Waals surface area contributed by atoms with Gasteiger partial charge in [0.2, 0.25) is 0 Å². The van der Waals surface area contributed by atoms with Gasteiger partial charge in [-0.25, -0.2) is 0 Å². The molecular weight excluding hydrogens is 360 g/mol. The van der Waals surface area contributed by atoms with Crippen molar-refractivity contribution in [1.29, 1.82) is 0 Å². The van der Waals surface area contributed by atoms with Gasteiger partial charge in [0.1, 0.15) is 22.1 Å². The van der Waals surface area contributed by atoms with Gasteiger partial charge in [-0.2, -0.15) is 8.42 Å². The van der Waals surface area contributed by atoms with E-state index in [4.69, 9.17) is 13.7 Å². The second-order valence-electron chi connectivity index (χ2n) is 4.01. The van der Waals surface area contributed by atoms with Crippen LogP contribution >= 0.6 is 15.9 Å². The zero-order valence-corrected chi connectivity index (χ0v) is 13.8. The predicted molar refractivity (Wildman–Crippen MR) is 81.5 cm³/mol. The maximum absolute atomic E-state index is 12.4. The van der Waals surface area contributed by atoms with Crippen molar-refractivity contribution in [2.75, 3.05) is 14.2 Å². The molecule has 7 heteroatoms. The molecule has 2 aromatic rings. The van der Waals surface area contributed by atoms with Crippen LogP contribution in [0.2, 0.25) is 0 Å². The molecule has 0 amide bonds. The number of rotatable bonds is 5. The molecule has 0 N–H and O–H groups in total. The van der Waals surface area contributed by atoms with Crippen LogP contribution < -0.4 is 13.7 Å². The lowest BCUT2D eigenvalue weighted by Crippen LogP contribution is -2.11. The number of ether oxygens (including phenoxy) is 2. The number of hydrogen-bond donors (Lipinski definition) is 0. The second-order valence-corrected chi connectivity index (χ2v) is 6.44. The van der Waals surface area contributed by atoms with E-state index in [-0.39, 0.29) is 16.4 Å². The minimum Gasteiger partial charge on any atom is -0.497 e. The number of hydrogen-bond acceptors (Lipinski definition) is 5. The van der Waals surface area contributed by atoms with Crippen molar-refractivity contribution in [2.45, 2.75) is 4.90 Å². The van der Waals surface area contributed by atoms with Crippen LogP contribution in [0.5, 0.6) is 17.2 Å². The normalized spacial score (nSPS) is 11.0. The van der Waals surface area contributed by atoms with Gasteiger partial charge in [0, 0.05) is 10.5 Å². The maximum atomic E-state index is 12.4. The molecule has 0 saturated heterocycles. The van der Waals surface area contributed by atoms with E-state index in [1.807, 2.05) is 0 Å². The summed E-state index contributed by atoms with van der Waals surface area (Å²) >= 11 is 3.23. The fourth-order valence-corrected chi connectivity index (χ4v) is 3.30. The number of halogens is 1. The van der Waals surface area contributed by atoms with Crippen molar-refractivity contribution in [3.8, 4) is 17.2 Å². The van der Waals surface area contributed by atoms with Crippen LogP contribution in [0.3, 0.4) is 0 Å². The topological polar surface area (TPSA) is 61.8 Å². The average Bonchev–Trinajstić information content (AvgIpc) is 2.47. The molecule has 21 heavy (non-hydrogen) atoms. The third kappa shape index (κ3) is 3.68. The van der Waals surface area contributed by atoms with E-state index < -0.39 is 10.1 Å². The molecular formula is C14H13BrO5S. The molecule has 0 atom stereocenters. The summed E-state index contributed by atoms with van der Waals surface area (Å²) in [5, 5.41) is 0. The molecule has 2 rings (SSSR count). The quantitative estimate of drug-likeness (QED) is 0.753. The summed E-state index contributed by atoms with van der Waals surface area (Å²) in [5.41, 5.74) is 0. The molecule has 0 bridgehead atoms. The highest BCUT2D eigenvalue weighted by molar-refractivity contribution is 9.10. The van der Waals surface area contributed by atoms with Gasteiger partial charge < -0.3 is 13.7 Å². The van der Waals surface area contributed by atoms with Crippen LogP contribution in [0, 0.1) is 0 Å². The van der Waals surface area contributed by atoms with Crippen molar-refractivity contribution >= 4 is 26.0 Å². The van der Waals surface area contributed by atoms with Crippen LogP contribution in [-0.2, 0) is 10.1 Å². The zero-order chi connectivity index (χ0) is 15.5. The van der Waals surface area contributed by atoms with Gasteiger partial charge in [0.05, 0.1) is 14.2 Å². The first kappa shape index (κ1) is 15.7. The largest absolute Gasteiger partial charge is 0.497 e. The Morgan fingerprint density at radius 3 is 2.33 bits per heavy atom. The smallest absolute Gasteiger partial charge is 0.342 e. The first-order chi connectivity index (χ1) is 9.96.